The lowest BCUT2D eigenvalue weighted by Crippen LogP contribution is -2.45. The number of fused-ring (bicyclic) bond motifs is 1. The molecule has 2 amide bonds. The maximum absolute atomic E-state index is 13.7. The fourth-order valence-corrected chi connectivity index (χ4v) is 5.14. The minimum atomic E-state index is -0.829. The lowest BCUT2D eigenvalue weighted by molar-refractivity contribution is -0.140. The molecule has 4 N–H and O–H groups in total. The molecular formula is C28H29Br2ClN4O2. The van der Waals surface area contributed by atoms with Crippen molar-refractivity contribution in [1.29, 1.82) is 0 Å². The minimum Gasteiger partial charge on any atom is -0.361 e. The predicted molar refractivity (Wildman–Crippen MR) is 158 cm³/mol. The third-order valence-electron chi connectivity index (χ3n) is 6.10. The summed E-state index contributed by atoms with van der Waals surface area (Å²) >= 11 is 7.13. The van der Waals surface area contributed by atoms with Crippen LogP contribution in [0.2, 0.25) is 0 Å². The van der Waals surface area contributed by atoms with Gasteiger partial charge < -0.3 is 20.9 Å². The zero-order valence-electron chi connectivity index (χ0n) is 20.1. The van der Waals surface area contributed by atoms with E-state index in [0.717, 1.165) is 31.0 Å². The summed E-state index contributed by atoms with van der Waals surface area (Å²) in [7, 11) is 0. The van der Waals surface area contributed by atoms with Gasteiger partial charge in [-0.1, -0.05) is 80.4 Å². The zero-order chi connectivity index (χ0) is 25.5. The van der Waals surface area contributed by atoms with E-state index in [4.69, 9.17) is 5.73 Å². The van der Waals surface area contributed by atoms with Crippen LogP contribution in [0.1, 0.15) is 29.2 Å². The maximum atomic E-state index is 13.7. The molecule has 0 aliphatic rings. The number of benzene rings is 3. The second kappa shape index (κ2) is 13.8. The molecule has 1 aromatic heterocycles. The standard InChI is InChI=1S/C28H28Br2N4O2.ClH/c29-21-10-11-24(30)23(16-21)27(28(36)33-17-19-6-2-1-3-7-19)34(26(35)12-14-31)15-13-20-18-32-25-9-5-4-8-22(20)25;/h1-11,16,18,27,32H,12-15,17,31H2,(H,33,36);1H. The molecular weight excluding hydrogens is 620 g/mol. The topological polar surface area (TPSA) is 91.2 Å². The van der Waals surface area contributed by atoms with Gasteiger partial charge in [-0.3, -0.25) is 9.59 Å². The number of H-pyrrole nitrogens is 1. The van der Waals surface area contributed by atoms with E-state index in [1.807, 2.05) is 72.9 Å². The smallest absolute Gasteiger partial charge is 0.247 e. The van der Waals surface area contributed by atoms with Crippen LogP contribution in [0.25, 0.3) is 10.9 Å². The first-order valence-corrected chi connectivity index (χ1v) is 13.4. The van der Waals surface area contributed by atoms with Crippen LogP contribution in [-0.2, 0) is 22.6 Å². The Morgan fingerprint density at radius 2 is 1.73 bits per heavy atom. The van der Waals surface area contributed by atoms with E-state index in [1.165, 1.54) is 0 Å². The fourth-order valence-electron chi connectivity index (χ4n) is 4.30. The molecule has 0 fully saturated rings. The quantitative estimate of drug-likeness (QED) is 0.200. The summed E-state index contributed by atoms with van der Waals surface area (Å²) in [5, 5.41) is 4.15. The average molecular weight is 649 g/mol. The van der Waals surface area contributed by atoms with Crippen LogP contribution in [0.4, 0.5) is 0 Å². The van der Waals surface area contributed by atoms with Gasteiger partial charge in [0.05, 0.1) is 0 Å². The largest absolute Gasteiger partial charge is 0.361 e. The minimum absolute atomic E-state index is 0. The van der Waals surface area contributed by atoms with Crippen molar-refractivity contribution >= 4 is 67.0 Å². The van der Waals surface area contributed by atoms with Gasteiger partial charge in [0.1, 0.15) is 6.04 Å². The second-order valence-electron chi connectivity index (χ2n) is 8.51. The van der Waals surface area contributed by atoms with Crippen LogP contribution in [0.5, 0.6) is 0 Å². The van der Waals surface area contributed by atoms with Gasteiger partial charge in [0.25, 0.3) is 0 Å². The molecule has 0 aliphatic carbocycles. The Morgan fingerprint density at radius 1 is 1.00 bits per heavy atom. The summed E-state index contributed by atoms with van der Waals surface area (Å²) < 4.78 is 1.58. The fraction of sp³-hybridized carbons (Fsp3) is 0.214. The molecule has 0 radical (unpaired) electrons. The number of rotatable bonds is 10. The third kappa shape index (κ3) is 7.23. The number of nitrogens with one attached hydrogen (secondary N) is 2. The van der Waals surface area contributed by atoms with Crippen LogP contribution in [0.15, 0.2) is 87.9 Å². The van der Waals surface area contributed by atoms with Crippen molar-refractivity contribution in [2.45, 2.75) is 25.4 Å². The number of halogens is 3. The van der Waals surface area contributed by atoms with Gasteiger partial charge in [0.2, 0.25) is 11.8 Å². The SMILES string of the molecule is Cl.NCCC(=O)N(CCc1c[nH]c2ccccc12)C(C(=O)NCc1ccccc1)c1cc(Br)ccc1Br. The monoisotopic (exact) mass is 646 g/mol. The zero-order valence-corrected chi connectivity index (χ0v) is 24.1. The first kappa shape index (κ1) is 28.9. The highest BCUT2D eigenvalue weighted by atomic mass is 79.9. The van der Waals surface area contributed by atoms with Gasteiger partial charge in [-0.2, -0.15) is 0 Å². The Labute approximate surface area is 239 Å². The van der Waals surface area contributed by atoms with Crippen LogP contribution < -0.4 is 11.1 Å². The Bertz CT molecular complexity index is 1350. The summed E-state index contributed by atoms with van der Waals surface area (Å²) in [6.45, 7) is 0.937. The van der Waals surface area contributed by atoms with Gasteiger partial charge in [-0.05, 0) is 47.4 Å². The first-order chi connectivity index (χ1) is 17.5. The van der Waals surface area contributed by atoms with Crippen molar-refractivity contribution < 1.29 is 9.59 Å². The number of aromatic amines is 1. The number of carbonyl (C=O) groups excluding carboxylic acids is 2. The molecule has 3 aromatic carbocycles. The van der Waals surface area contributed by atoms with E-state index >= 15 is 0 Å². The molecule has 0 saturated heterocycles. The summed E-state index contributed by atoms with van der Waals surface area (Å²) in [6.07, 6.45) is 2.71. The summed E-state index contributed by atoms with van der Waals surface area (Å²) in [5.74, 6) is -0.411. The highest BCUT2D eigenvalue weighted by Gasteiger charge is 2.32. The van der Waals surface area contributed by atoms with Gasteiger partial charge >= 0.3 is 0 Å². The van der Waals surface area contributed by atoms with Gasteiger partial charge in [0.15, 0.2) is 0 Å². The molecule has 1 atom stereocenters. The van der Waals surface area contributed by atoms with Crippen molar-refractivity contribution in [3.05, 3.63) is 105 Å². The van der Waals surface area contributed by atoms with Crippen molar-refractivity contribution in [2.75, 3.05) is 13.1 Å². The molecule has 0 aliphatic heterocycles. The highest BCUT2D eigenvalue weighted by molar-refractivity contribution is 9.11. The number of aromatic nitrogens is 1. The van der Waals surface area contributed by atoms with Crippen LogP contribution in [0, 0.1) is 0 Å². The molecule has 1 heterocycles. The molecule has 9 heteroatoms. The van der Waals surface area contributed by atoms with E-state index in [9.17, 15) is 9.59 Å². The molecule has 4 aromatic rings. The van der Waals surface area contributed by atoms with Crippen LogP contribution in [-0.4, -0.2) is 34.8 Å². The summed E-state index contributed by atoms with van der Waals surface area (Å²) in [4.78, 5) is 32.1. The molecule has 194 valence electrons. The van der Waals surface area contributed by atoms with Crippen LogP contribution >= 0.6 is 44.3 Å². The Kier molecular flexibility index (Phi) is 10.8. The highest BCUT2D eigenvalue weighted by Crippen LogP contribution is 2.32. The predicted octanol–water partition coefficient (Wildman–Crippen LogP) is 5.89. The maximum Gasteiger partial charge on any atom is 0.247 e. The van der Waals surface area contributed by atoms with Crippen molar-refractivity contribution in [3.63, 3.8) is 0 Å². The molecule has 0 bridgehead atoms. The van der Waals surface area contributed by atoms with Crippen molar-refractivity contribution in [3.8, 4) is 0 Å². The molecule has 0 saturated carbocycles. The Morgan fingerprint density at radius 3 is 2.49 bits per heavy atom. The van der Waals surface area contributed by atoms with E-state index in [2.05, 4.69) is 48.2 Å². The molecule has 4 rings (SSSR count). The van der Waals surface area contributed by atoms with E-state index in [0.29, 0.717) is 25.1 Å². The summed E-state index contributed by atoms with van der Waals surface area (Å²) in [5.41, 5.74) is 9.59. The molecule has 0 spiro atoms. The van der Waals surface area contributed by atoms with Crippen molar-refractivity contribution in [2.24, 2.45) is 5.73 Å². The lowest BCUT2D eigenvalue weighted by Gasteiger charge is -2.32. The number of para-hydroxylation sites is 1. The number of hydrogen-bond donors (Lipinski definition) is 3. The third-order valence-corrected chi connectivity index (χ3v) is 7.31. The van der Waals surface area contributed by atoms with Gasteiger partial charge in [-0.15, -0.1) is 12.4 Å². The number of nitrogens with two attached hydrogens (primary N) is 1. The van der Waals surface area contributed by atoms with Crippen LogP contribution in [0.3, 0.4) is 0 Å². The first-order valence-electron chi connectivity index (χ1n) is 11.8. The lowest BCUT2D eigenvalue weighted by atomic mass is 10.0. The van der Waals surface area contributed by atoms with Gasteiger partial charge in [-0.25, -0.2) is 0 Å². The van der Waals surface area contributed by atoms with E-state index in [-0.39, 0.29) is 37.2 Å². The van der Waals surface area contributed by atoms with Crippen molar-refractivity contribution in [1.82, 2.24) is 15.2 Å². The van der Waals surface area contributed by atoms with E-state index in [1.54, 1.807) is 4.90 Å². The second-order valence-corrected chi connectivity index (χ2v) is 10.3. The summed E-state index contributed by atoms with van der Waals surface area (Å²) in [6, 6.07) is 22.6. The van der Waals surface area contributed by atoms with E-state index < -0.39 is 6.04 Å². The molecule has 1 unspecified atom stereocenters. The molecule has 37 heavy (non-hydrogen) atoms. The number of nitrogens with zero attached hydrogens (tertiary/aromatic N) is 1. The molecule has 6 nitrogen and oxygen atoms in total. The number of amides is 2. The average Bonchev–Trinajstić information content (AvgIpc) is 3.30. The normalized spacial score (nSPS) is 11.5. The Balaban J connectivity index is 0.00000380. The number of hydrogen-bond acceptors (Lipinski definition) is 3. The Hall–Kier alpha value is -2.65. The number of carbonyl (C=O) groups is 2. The van der Waals surface area contributed by atoms with Gasteiger partial charge in [0, 0.05) is 52.1 Å².